The van der Waals surface area contributed by atoms with E-state index in [0.29, 0.717) is 5.95 Å². The van der Waals surface area contributed by atoms with E-state index in [2.05, 4.69) is 25.3 Å². The van der Waals surface area contributed by atoms with Crippen LogP contribution < -0.4 is 5.32 Å². The highest BCUT2D eigenvalue weighted by Crippen LogP contribution is 2.20. The van der Waals surface area contributed by atoms with Crippen LogP contribution in [0.5, 0.6) is 0 Å². The molecule has 0 saturated carbocycles. The van der Waals surface area contributed by atoms with Crippen LogP contribution in [-0.4, -0.2) is 19.9 Å². The second-order valence-electron chi connectivity index (χ2n) is 3.60. The monoisotopic (exact) mass is 279 g/mol. The van der Waals surface area contributed by atoms with E-state index < -0.39 is 0 Å². The number of aromatic amines is 1. The highest BCUT2D eigenvalue weighted by atomic mass is 35.5. The number of fused-ring (bicyclic) bond motifs is 1. The number of nitrogens with one attached hydrogen (secondary N) is 2. The maximum atomic E-state index is 5.70. The summed E-state index contributed by atoms with van der Waals surface area (Å²) in [7, 11) is 0. The van der Waals surface area contributed by atoms with E-state index in [-0.39, 0.29) is 10.6 Å². The lowest BCUT2D eigenvalue weighted by Gasteiger charge is -2.04. The Morgan fingerprint density at radius 1 is 1.00 bits per heavy atom. The molecule has 0 unspecified atom stereocenters. The normalized spacial score (nSPS) is 10.8. The minimum Gasteiger partial charge on any atom is -0.361 e. The third-order valence-electron chi connectivity index (χ3n) is 2.39. The Morgan fingerprint density at radius 2 is 1.78 bits per heavy atom. The van der Waals surface area contributed by atoms with Crippen LogP contribution in [0.3, 0.4) is 0 Å². The van der Waals surface area contributed by atoms with Gasteiger partial charge in [-0.1, -0.05) is 0 Å². The van der Waals surface area contributed by atoms with E-state index >= 15 is 0 Å². The van der Waals surface area contributed by atoms with Gasteiger partial charge < -0.3 is 10.3 Å². The lowest BCUT2D eigenvalue weighted by atomic mass is 10.2. The van der Waals surface area contributed by atoms with Gasteiger partial charge in [0.2, 0.25) is 16.5 Å². The smallest absolute Gasteiger partial charge is 0.232 e. The van der Waals surface area contributed by atoms with Gasteiger partial charge in [0.1, 0.15) is 0 Å². The predicted molar refractivity (Wildman–Crippen MR) is 71.4 cm³/mol. The summed E-state index contributed by atoms with van der Waals surface area (Å²) in [5, 5.41) is 4.22. The zero-order chi connectivity index (χ0) is 12.5. The van der Waals surface area contributed by atoms with Gasteiger partial charge in [0.25, 0.3) is 0 Å². The number of rotatable bonds is 2. The van der Waals surface area contributed by atoms with Crippen molar-refractivity contribution in [3.05, 3.63) is 41.0 Å². The van der Waals surface area contributed by atoms with Crippen molar-refractivity contribution < 1.29 is 0 Å². The van der Waals surface area contributed by atoms with Crippen molar-refractivity contribution in [3.63, 3.8) is 0 Å². The SMILES string of the molecule is Clc1nc(Cl)nc(Nc2ccc3[nH]ccc3c2)n1. The van der Waals surface area contributed by atoms with Gasteiger partial charge in [-0.2, -0.15) is 15.0 Å². The molecule has 0 fully saturated rings. The first-order valence-electron chi connectivity index (χ1n) is 5.12. The number of halogens is 2. The van der Waals surface area contributed by atoms with Gasteiger partial charge in [-0.05, 0) is 47.5 Å². The van der Waals surface area contributed by atoms with Crippen LogP contribution in [0.15, 0.2) is 30.5 Å². The highest BCUT2D eigenvalue weighted by Gasteiger charge is 2.04. The van der Waals surface area contributed by atoms with Crippen LogP contribution in [-0.2, 0) is 0 Å². The molecule has 1 aromatic carbocycles. The molecule has 0 aliphatic carbocycles. The molecule has 0 aliphatic rings. The van der Waals surface area contributed by atoms with Gasteiger partial charge in [-0.15, -0.1) is 0 Å². The minimum atomic E-state index is 0.0558. The molecule has 0 spiro atoms. The zero-order valence-electron chi connectivity index (χ0n) is 8.98. The van der Waals surface area contributed by atoms with Crippen molar-refractivity contribution in [2.24, 2.45) is 0 Å². The van der Waals surface area contributed by atoms with Crippen molar-refractivity contribution >= 4 is 45.7 Å². The molecule has 2 aromatic heterocycles. The predicted octanol–water partition coefficient (Wildman–Crippen LogP) is 3.40. The molecule has 0 radical (unpaired) electrons. The van der Waals surface area contributed by atoms with Crippen LogP contribution in [0.1, 0.15) is 0 Å². The average molecular weight is 280 g/mol. The van der Waals surface area contributed by atoms with Crippen LogP contribution >= 0.6 is 23.2 Å². The zero-order valence-corrected chi connectivity index (χ0v) is 10.5. The summed E-state index contributed by atoms with van der Waals surface area (Å²) in [5.41, 5.74) is 1.91. The van der Waals surface area contributed by atoms with Crippen LogP contribution in [0.4, 0.5) is 11.6 Å². The number of nitrogens with zero attached hydrogens (tertiary/aromatic N) is 3. The first-order valence-corrected chi connectivity index (χ1v) is 5.87. The molecule has 2 heterocycles. The summed E-state index contributed by atoms with van der Waals surface area (Å²) >= 11 is 11.4. The largest absolute Gasteiger partial charge is 0.361 e. The third-order valence-corrected chi connectivity index (χ3v) is 2.73. The number of anilines is 2. The minimum absolute atomic E-state index is 0.0558. The Hall–Kier alpha value is -1.85. The number of hydrogen-bond acceptors (Lipinski definition) is 4. The fraction of sp³-hybridized carbons (Fsp3) is 0. The average Bonchev–Trinajstić information content (AvgIpc) is 2.74. The second kappa shape index (κ2) is 4.44. The lowest BCUT2D eigenvalue weighted by molar-refractivity contribution is 1.05. The van der Waals surface area contributed by atoms with Gasteiger partial charge in [-0.25, -0.2) is 0 Å². The summed E-state index contributed by atoms with van der Waals surface area (Å²) in [4.78, 5) is 14.7. The van der Waals surface area contributed by atoms with E-state index in [0.717, 1.165) is 16.6 Å². The van der Waals surface area contributed by atoms with E-state index in [9.17, 15) is 0 Å². The molecule has 2 N–H and O–H groups in total. The van der Waals surface area contributed by atoms with Gasteiger partial charge in [0, 0.05) is 22.8 Å². The van der Waals surface area contributed by atoms with Crippen molar-refractivity contribution in [2.75, 3.05) is 5.32 Å². The van der Waals surface area contributed by atoms with Gasteiger partial charge >= 0.3 is 0 Å². The molecule has 7 heteroatoms. The molecular formula is C11H7Cl2N5. The number of H-pyrrole nitrogens is 1. The van der Waals surface area contributed by atoms with Gasteiger partial charge in [-0.3, -0.25) is 0 Å². The molecule has 0 saturated heterocycles. The molecule has 0 amide bonds. The summed E-state index contributed by atoms with van der Waals surface area (Å²) in [6.07, 6.45) is 1.88. The Morgan fingerprint density at radius 3 is 2.56 bits per heavy atom. The van der Waals surface area contributed by atoms with Crippen LogP contribution in [0, 0.1) is 0 Å². The number of benzene rings is 1. The maximum absolute atomic E-state index is 5.70. The Kier molecular flexibility index (Phi) is 2.77. The molecule has 18 heavy (non-hydrogen) atoms. The molecule has 0 atom stereocenters. The molecular weight excluding hydrogens is 273 g/mol. The number of hydrogen-bond donors (Lipinski definition) is 2. The summed E-state index contributed by atoms with van der Waals surface area (Å²) in [6, 6.07) is 7.82. The van der Waals surface area contributed by atoms with Crippen molar-refractivity contribution in [1.82, 2.24) is 19.9 Å². The van der Waals surface area contributed by atoms with Gasteiger partial charge in [0.15, 0.2) is 0 Å². The Bertz CT molecular complexity index is 689. The highest BCUT2D eigenvalue weighted by molar-refractivity contribution is 6.31. The fourth-order valence-electron chi connectivity index (χ4n) is 1.64. The molecule has 3 aromatic rings. The second-order valence-corrected chi connectivity index (χ2v) is 4.28. The van der Waals surface area contributed by atoms with Crippen LogP contribution in [0.2, 0.25) is 10.6 Å². The van der Waals surface area contributed by atoms with Crippen molar-refractivity contribution in [3.8, 4) is 0 Å². The summed E-state index contributed by atoms with van der Waals surface area (Å²) < 4.78 is 0. The Labute approximate surface area is 112 Å². The van der Waals surface area contributed by atoms with E-state index in [1.165, 1.54) is 0 Å². The lowest BCUT2D eigenvalue weighted by Crippen LogP contribution is -1.99. The first kappa shape index (κ1) is 11.3. The molecule has 90 valence electrons. The third kappa shape index (κ3) is 2.23. The van der Waals surface area contributed by atoms with E-state index in [4.69, 9.17) is 23.2 Å². The maximum Gasteiger partial charge on any atom is 0.232 e. The van der Waals surface area contributed by atoms with Crippen molar-refractivity contribution in [2.45, 2.75) is 0 Å². The molecule has 0 bridgehead atoms. The standard InChI is InChI=1S/C11H7Cl2N5/c12-9-16-10(13)18-11(17-9)15-7-1-2-8-6(5-7)3-4-14-8/h1-5,14H,(H,15,16,17,18). The van der Waals surface area contributed by atoms with Crippen molar-refractivity contribution in [1.29, 1.82) is 0 Å². The molecule has 5 nitrogen and oxygen atoms in total. The quantitative estimate of drug-likeness (QED) is 0.755. The van der Waals surface area contributed by atoms with E-state index in [1.807, 2.05) is 30.5 Å². The van der Waals surface area contributed by atoms with Gasteiger partial charge in [0.05, 0.1) is 0 Å². The Balaban J connectivity index is 1.95. The summed E-state index contributed by atoms with van der Waals surface area (Å²) in [5.74, 6) is 0.315. The summed E-state index contributed by atoms with van der Waals surface area (Å²) in [6.45, 7) is 0. The molecule has 3 rings (SSSR count). The molecule has 0 aliphatic heterocycles. The van der Waals surface area contributed by atoms with E-state index in [1.54, 1.807) is 0 Å². The van der Waals surface area contributed by atoms with Crippen LogP contribution in [0.25, 0.3) is 10.9 Å². The first-order chi connectivity index (χ1) is 8.70. The number of aromatic nitrogens is 4. The topological polar surface area (TPSA) is 66.5 Å². The fourth-order valence-corrected chi connectivity index (χ4v) is 2.01.